The fraction of sp³-hybridized carbons (Fsp3) is 0.360. The molecule has 2 aliphatic heterocycles. The fourth-order valence-electron chi connectivity index (χ4n) is 3.90. The third kappa shape index (κ3) is 6.70. The van der Waals surface area contributed by atoms with Gasteiger partial charge in [0.15, 0.2) is 0 Å². The van der Waals surface area contributed by atoms with Crippen molar-refractivity contribution >= 4 is 40.0 Å². The number of nitrogens with zero attached hydrogens (tertiary/aromatic N) is 6. The van der Waals surface area contributed by atoms with Crippen LogP contribution in [-0.2, 0) is 16.1 Å². The van der Waals surface area contributed by atoms with Crippen LogP contribution in [0.3, 0.4) is 0 Å². The average molecular weight is 572 g/mol. The molecular formula is C25H27BrFN7O3. The van der Waals surface area contributed by atoms with Crippen LogP contribution in [-0.4, -0.2) is 73.8 Å². The molecule has 1 aromatic heterocycles. The highest BCUT2D eigenvalue weighted by Crippen LogP contribution is 2.24. The minimum atomic E-state index is -0.307. The molecule has 2 fully saturated rings. The molecule has 0 bridgehead atoms. The summed E-state index contributed by atoms with van der Waals surface area (Å²) in [6.45, 7) is 5.41. The first kappa shape index (κ1) is 25.3. The van der Waals surface area contributed by atoms with Crippen LogP contribution in [0.2, 0.25) is 0 Å². The number of anilines is 3. The lowest BCUT2D eigenvalue weighted by Crippen LogP contribution is -2.40. The second-order valence-electron chi connectivity index (χ2n) is 8.39. The van der Waals surface area contributed by atoms with E-state index in [1.807, 2.05) is 18.2 Å². The number of nitrogens with one attached hydrogen (secondary N) is 1. The number of hydrogen-bond donors (Lipinski definition) is 1. The van der Waals surface area contributed by atoms with Crippen LogP contribution >= 0.6 is 15.9 Å². The van der Waals surface area contributed by atoms with E-state index >= 15 is 0 Å². The van der Waals surface area contributed by atoms with Gasteiger partial charge in [-0.05, 0) is 24.3 Å². The molecular weight excluding hydrogens is 545 g/mol. The maximum atomic E-state index is 14.0. The van der Waals surface area contributed by atoms with Gasteiger partial charge in [0.2, 0.25) is 17.8 Å². The van der Waals surface area contributed by atoms with Gasteiger partial charge in [-0.1, -0.05) is 34.1 Å². The number of hydrogen-bond acceptors (Lipinski definition) is 10. The van der Waals surface area contributed by atoms with E-state index in [0.717, 1.165) is 4.47 Å². The van der Waals surface area contributed by atoms with Crippen LogP contribution in [0.5, 0.6) is 5.75 Å². The molecule has 0 amide bonds. The van der Waals surface area contributed by atoms with E-state index in [-0.39, 0.29) is 12.4 Å². The summed E-state index contributed by atoms with van der Waals surface area (Å²) in [5.41, 5.74) is 4.12. The van der Waals surface area contributed by atoms with Crippen molar-refractivity contribution in [1.82, 2.24) is 15.0 Å². The summed E-state index contributed by atoms with van der Waals surface area (Å²) >= 11 is 3.49. The van der Waals surface area contributed by atoms with E-state index in [9.17, 15) is 4.39 Å². The Kier molecular flexibility index (Phi) is 8.39. The summed E-state index contributed by atoms with van der Waals surface area (Å²) < 4.78 is 31.7. The van der Waals surface area contributed by atoms with E-state index in [0.29, 0.717) is 87.3 Å². The number of hydrazone groups is 1. The lowest BCUT2D eigenvalue weighted by Gasteiger charge is -2.30. The first-order chi connectivity index (χ1) is 18.2. The van der Waals surface area contributed by atoms with Crippen molar-refractivity contribution in [2.75, 3.05) is 67.8 Å². The Morgan fingerprint density at radius 2 is 1.59 bits per heavy atom. The lowest BCUT2D eigenvalue weighted by molar-refractivity contribution is 0.121. The zero-order chi connectivity index (χ0) is 25.5. The van der Waals surface area contributed by atoms with Gasteiger partial charge in [-0.15, -0.1) is 0 Å². The second kappa shape index (κ2) is 12.3. The largest absolute Gasteiger partial charge is 0.488 e. The normalized spacial score (nSPS) is 16.3. The van der Waals surface area contributed by atoms with Crippen molar-refractivity contribution in [1.29, 1.82) is 0 Å². The number of ether oxygens (including phenoxy) is 3. The highest BCUT2D eigenvalue weighted by Gasteiger charge is 2.20. The summed E-state index contributed by atoms with van der Waals surface area (Å²) in [6.07, 6.45) is 1.62. The van der Waals surface area contributed by atoms with Crippen LogP contribution in [0, 0.1) is 5.82 Å². The van der Waals surface area contributed by atoms with Crippen molar-refractivity contribution < 1.29 is 18.6 Å². The Morgan fingerprint density at radius 1 is 0.946 bits per heavy atom. The van der Waals surface area contributed by atoms with E-state index in [4.69, 9.17) is 19.2 Å². The third-order valence-corrected chi connectivity index (χ3v) is 6.37. The van der Waals surface area contributed by atoms with E-state index in [2.05, 4.69) is 46.2 Å². The standard InChI is InChI=1S/C25H27BrFN7O3/c26-20-5-6-22(37-17-18-3-1-2-4-21(18)27)19(15-20)16-28-32-23-29-24(33-7-11-35-12-8-33)31-25(30-23)34-9-13-36-14-10-34/h1-6,15-16H,7-14,17H2,(H,29,30,31,32)/b28-16-. The van der Waals surface area contributed by atoms with E-state index in [1.165, 1.54) is 6.07 Å². The quantitative estimate of drug-likeness (QED) is 0.322. The number of aromatic nitrogens is 3. The van der Waals surface area contributed by atoms with Gasteiger partial charge in [0.05, 0.1) is 32.6 Å². The molecule has 0 radical (unpaired) electrons. The summed E-state index contributed by atoms with van der Waals surface area (Å²) in [6, 6.07) is 12.1. The highest BCUT2D eigenvalue weighted by atomic mass is 79.9. The van der Waals surface area contributed by atoms with Crippen LogP contribution < -0.4 is 20.0 Å². The van der Waals surface area contributed by atoms with Gasteiger partial charge in [-0.3, -0.25) is 0 Å². The minimum absolute atomic E-state index is 0.0991. The molecule has 0 atom stereocenters. The van der Waals surface area contributed by atoms with Gasteiger partial charge in [0.1, 0.15) is 18.2 Å². The van der Waals surface area contributed by atoms with Gasteiger partial charge in [-0.25, -0.2) is 9.82 Å². The lowest BCUT2D eigenvalue weighted by atomic mass is 10.2. The predicted octanol–water partition coefficient (Wildman–Crippen LogP) is 3.47. The van der Waals surface area contributed by atoms with Gasteiger partial charge < -0.3 is 24.0 Å². The van der Waals surface area contributed by atoms with Gasteiger partial charge in [0, 0.05) is 41.8 Å². The third-order valence-electron chi connectivity index (χ3n) is 5.88. The molecule has 2 aliphatic rings. The number of morpholine rings is 2. The van der Waals surface area contributed by atoms with E-state index in [1.54, 1.807) is 24.4 Å². The molecule has 194 valence electrons. The van der Waals surface area contributed by atoms with Crippen molar-refractivity contribution in [3.05, 3.63) is 63.9 Å². The molecule has 0 spiro atoms. The first-order valence-electron chi connectivity index (χ1n) is 12.0. The van der Waals surface area contributed by atoms with Crippen LogP contribution in [0.15, 0.2) is 52.0 Å². The number of rotatable bonds is 8. The van der Waals surface area contributed by atoms with Gasteiger partial charge in [-0.2, -0.15) is 20.1 Å². The van der Waals surface area contributed by atoms with E-state index < -0.39 is 0 Å². The molecule has 3 aromatic rings. The molecule has 37 heavy (non-hydrogen) atoms. The zero-order valence-electron chi connectivity index (χ0n) is 20.1. The van der Waals surface area contributed by atoms with Crippen molar-refractivity contribution in [2.45, 2.75) is 6.61 Å². The predicted molar refractivity (Wildman–Crippen MR) is 142 cm³/mol. The smallest absolute Gasteiger partial charge is 0.250 e. The number of benzene rings is 2. The minimum Gasteiger partial charge on any atom is -0.488 e. The highest BCUT2D eigenvalue weighted by molar-refractivity contribution is 9.10. The summed E-state index contributed by atoms with van der Waals surface area (Å²) in [7, 11) is 0. The SMILES string of the molecule is Fc1ccccc1COc1ccc(Br)cc1/C=N\Nc1nc(N2CCOCC2)nc(N2CCOCC2)n1. The maximum Gasteiger partial charge on any atom is 0.250 e. The van der Waals surface area contributed by atoms with Gasteiger partial charge >= 0.3 is 0 Å². The summed E-state index contributed by atoms with van der Waals surface area (Å²) in [5.74, 6) is 1.75. The summed E-state index contributed by atoms with van der Waals surface area (Å²) in [4.78, 5) is 18.0. The maximum absolute atomic E-state index is 14.0. The Morgan fingerprint density at radius 3 is 2.24 bits per heavy atom. The fourth-order valence-corrected chi connectivity index (χ4v) is 4.27. The molecule has 0 unspecified atom stereocenters. The Balaban J connectivity index is 1.34. The monoisotopic (exact) mass is 571 g/mol. The molecule has 5 rings (SSSR count). The Labute approximate surface area is 222 Å². The molecule has 10 nitrogen and oxygen atoms in total. The Hall–Kier alpha value is -3.35. The molecule has 3 heterocycles. The molecule has 2 aromatic carbocycles. The topological polar surface area (TPSA) is 97.2 Å². The van der Waals surface area contributed by atoms with Crippen LogP contribution in [0.1, 0.15) is 11.1 Å². The van der Waals surface area contributed by atoms with Crippen LogP contribution in [0.25, 0.3) is 0 Å². The van der Waals surface area contributed by atoms with Crippen molar-refractivity contribution in [3.8, 4) is 5.75 Å². The van der Waals surface area contributed by atoms with Crippen LogP contribution in [0.4, 0.5) is 22.2 Å². The average Bonchev–Trinajstić information content (AvgIpc) is 2.94. The first-order valence-corrected chi connectivity index (χ1v) is 12.8. The molecule has 12 heteroatoms. The molecule has 1 N–H and O–H groups in total. The molecule has 0 saturated carbocycles. The Bertz CT molecular complexity index is 1200. The molecule has 2 saturated heterocycles. The summed E-state index contributed by atoms with van der Waals surface area (Å²) in [5, 5.41) is 4.37. The van der Waals surface area contributed by atoms with Gasteiger partial charge in [0.25, 0.3) is 0 Å². The number of halogens is 2. The molecule has 0 aliphatic carbocycles. The second-order valence-corrected chi connectivity index (χ2v) is 9.31. The van der Waals surface area contributed by atoms with Crippen molar-refractivity contribution in [2.24, 2.45) is 5.10 Å². The zero-order valence-corrected chi connectivity index (χ0v) is 21.7. The van der Waals surface area contributed by atoms with Crippen molar-refractivity contribution in [3.63, 3.8) is 0 Å².